The van der Waals surface area contributed by atoms with Crippen LogP contribution in [-0.2, 0) is 16.1 Å². The fourth-order valence-corrected chi connectivity index (χ4v) is 2.59. The Balaban J connectivity index is 2.10. The van der Waals surface area contributed by atoms with E-state index in [4.69, 9.17) is 4.74 Å². The maximum Gasteiger partial charge on any atom is 0.261 e. The third-order valence-corrected chi connectivity index (χ3v) is 4.54. The summed E-state index contributed by atoms with van der Waals surface area (Å²) in [6.45, 7) is 5.67. The van der Waals surface area contributed by atoms with Crippen LogP contribution in [0.1, 0.15) is 32.8 Å². The monoisotopic (exact) mass is 386 g/mol. The van der Waals surface area contributed by atoms with E-state index in [9.17, 15) is 14.0 Å². The molecular formula is C22H27FN2O3. The van der Waals surface area contributed by atoms with Gasteiger partial charge < -0.3 is 15.0 Å². The topological polar surface area (TPSA) is 58.6 Å². The fraction of sp³-hybridized carbons (Fsp3) is 0.364. The maximum absolute atomic E-state index is 13.0. The second kappa shape index (κ2) is 10.4. The van der Waals surface area contributed by atoms with Crippen molar-refractivity contribution in [1.82, 2.24) is 10.2 Å². The molecule has 0 bridgehead atoms. The number of hydrogen-bond donors (Lipinski definition) is 1. The Bertz CT molecular complexity index is 765. The summed E-state index contributed by atoms with van der Waals surface area (Å²) in [5.41, 5.74) is 0.917. The van der Waals surface area contributed by atoms with Crippen molar-refractivity contribution in [2.75, 3.05) is 6.61 Å². The minimum absolute atomic E-state index is 0.0269. The number of carbonyl (C=O) groups is 2. The largest absolute Gasteiger partial charge is 0.484 e. The number of halogens is 1. The molecule has 0 aliphatic rings. The van der Waals surface area contributed by atoms with Crippen LogP contribution in [0.25, 0.3) is 0 Å². The molecule has 2 atom stereocenters. The lowest BCUT2D eigenvalue weighted by Crippen LogP contribution is -2.50. The molecule has 2 unspecified atom stereocenters. The summed E-state index contributed by atoms with van der Waals surface area (Å²) in [6.07, 6.45) is 0.804. The molecule has 0 spiro atoms. The number of amides is 2. The number of nitrogens with zero attached hydrogens (tertiary/aromatic N) is 1. The Hall–Kier alpha value is -2.89. The standard InChI is InChI=1S/C22H27FN2O3/c1-4-16(2)24-22(27)17(3)25(14-18-8-6-5-7-9-18)21(26)15-28-20-12-10-19(23)11-13-20/h5-13,16-17H,4,14-15H2,1-3H3,(H,24,27). The van der Waals surface area contributed by atoms with E-state index in [1.54, 1.807) is 6.92 Å². The van der Waals surface area contributed by atoms with E-state index < -0.39 is 6.04 Å². The van der Waals surface area contributed by atoms with Gasteiger partial charge in [0.25, 0.3) is 5.91 Å². The van der Waals surface area contributed by atoms with Gasteiger partial charge in [-0.25, -0.2) is 4.39 Å². The molecule has 5 nitrogen and oxygen atoms in total. The van der Waals surface area contributed by atoms with Gasteiger partial charge >= 0.3 is 0 Å². The molecule has 2 aromatic carbocycles. The lowest BCUT2D eigenvalue weighted by molar-refractivity contribution is -0.142. The molecule has 0 aliphatic heterocycles. The molecule has 0 aliphatic carbocycles. The van der Waals surface area contributed by atoms with Crippen molar-refractivity contribution >= 4 is 11.8 Å². The van der Waals surface area contributed by atoms with Crippen LogP contribution in [0.5, 0.6) is 5.75 Å². The number of hydrogen-bond acceptors (Lipinski definition) is 3. The molecule has 0 aromatic heterocycles. The van der Waals surface area contributed by atoms with Crippen LogP contribution in [0.4, 0.5) is 4.39 Å². The second-order valence-electron chi connectivity index (χ2n) is 6.74. The molecule has 6 heteroatoms. The molecular weight excluding hydrogens is 359 g/mol. The lowest BCUT2D eigenvalue weighted by Gasteiger charge is -2.29. The number of rotatable bonds is 9. The molecule has 0 radical (unpaired) electrons. The van der Waals surface area contributed by atoms with Gasteiger partial charge in [0.05, 0.1) is 0 Å². The van der Waals surface area contributed by atoms with E-state index in [0.717, 1.165) is 12.0 Å². The Kier molecular flexibility index (Phi) is 7.99. The third-order valence-electron chi connectivity index (χ3n) is 4.54. The van der Waals surface area contributed by atoms with E-state index in [-0.39, 0.29) is 30.3 Å². The van der Waals surface area contributed by atoms with E-state index in [1.165, 1.54) is 29.2 Å². The first kappa shape index (κ1) is 21.4. The van der Waals surface area contributed by atoms with E-state index >= 15 is 0 Å². The first-order chi connectivity index (χ1) is 13.4. The predicted molar refractivity (Wildman–Crippen MR) is 106 cm³/mol. The second-order valence-corrected chi connectivity index (χ2v) is 6.74. The lowest BCUT2D eigenvalue weighted by atomic mass is 10.1. The highest BCUT2D eigenvalue weighted by atomic mass is 19.1. The van der Waals surface area contributed by atoms with Crippen LogP contribution in [-0.4, -0.2) is 35.4 Å². The van der Waals surface area contributed by atoms with Gasteiger partial charge in [0.1, 0.15) is 17.6 Å². The summed E-state index contributed by atoms with van der Waals surface area (Å²) in [4.78, 5) is 26.9. The summed E-state index contributed by atoms with van der Waals surface area (Å²) in [5, 5.41) is 2.92. The van der Waals surface area contributed by atoms with E-state index in [2.05, 4.69) is 5.32 Å². The van der Waals surface area contributed by atoms with Gasteiger partial charge in [-0.3, -0.25) is 9.59 Å². The van der Waals surface area contributed by atoms with Crippen molar-refractivity contribution in [3.63, 3.8) is 0 Å². The molecule has 150 valence electrons. The number of carbonyl (C=O) groups excluding carboxylic acids is 2. The minimum Gasteiger partial charge on any atom is -0.484 e. The summed E-state index contributed by atoms with van der Waals surface area (Å²) in [6, 6.07) is 14.3. The molecule has 0 saturated carbocycles. The van der Waals surface area contributed by atoms with Crippen molar-refractivity contribution in [3.05, 3.63) is 66.0 Å². The molecule has 0 heterocycles. The predicted octanol–water partition coefficient (Wildman–Crippen LogP) is 3.54. The van der Waals surface area contributed by atoms with Crippen molar-refractivity contribution in [3.8, 4) is 5.75 Å². The highest BCUT2D eigenvalue weighted by molar-refractivity contribution is 5.88. The SMILES string of the molecule is CCC(C)NC(=O)C(C)N(Cc1ccccc1)C(=O)COc1ccc(F)cc1. The first-order valence-corrected chi connectivity index (χ1v) is 9.42. The Labute approximate surface area is 165 Å². The zero-order valence-electron chi connectivity index (χ0n) is 16.5. The average molecular weight is 386 g/mol. The van der Waals surface area contributed by atoms with Crippen LogP contribution in [0.3, 0.4) is 0 Å². The molecule has 2 rings (SSSR count). The average Bonchev–Trinajstić information content (AvgIpc) is 2.71. The minimum atomic E-state index is -0.654. The smallest absolute Gasteiger partial charge is 0.261 e. The maximum atomic E-state index is 13.0. The van der Waals surface area contributed by atoms with Crippen molar-refractivity contribution in [2.45, 2.75) is 45.8 Å². The van der Waals surface area contributed by atoms with Gasteiger partial charge in [0, 0.05) is 12.6 Å². The molecule has 2 aromatic rings. The van der Waals surface area contributed by atoms with E-state index in [1.807, 2.05) is 44.2 Å². The zero-order chi connectivity index (χ0) is 20.5. The van der Waals surface area contributed by atoms with Gasteiger partial charge in [0.15, 0.2) is 6.61 Å². The molecule has 0 saturated heterocycles. The molecule has 0 fully saturated rings. The normalized spacial score (nSPS) is 12.7. The number of nitrogens with one attached hydrogen (secondary N) is 1. The summed E-state index contributed by atoms with van der Waals surface area (Å²) < 4.78 is 18.5. The Morgan fingerprint density at radius 1 is 1.07 bits per heavy atom. The van der Waals surface area contributed by atoms with Crippen molar-refractivity contribution in [1.29, 1.82) is 0 Å². The quantitative estimate of drug-likeness (QED) is 0.717. The summed E-state index contributed by atoms with van der Waals surface area (Å²) in [5.74, 6) is -0.508. The highest BCUT2D eigenvalue weighted by Gasteiger charge is 2.27. The first-order valence-electron chi connectivity index (χ1n) is 9.42. The summed E-state index contributed by atoms with van der Waals surface area (Å²) >= 11 is 0. The number of benzene rings is 2. The Morgan fingerprint density at radius 2 is 1.71 bits per heavy atom. The van der Waals surface area contributed by atoms with Gasteiger partial charge in [-0.05, 0) is 50.1 Å². The van der Waals surface area contributed by atoms with Gasteiger partial charge in [-0.1, -0.05) is 37.3 Å². The molecule has 1 N–H and O–H groups in total. The van der Waals surface area contributed by atoms with E-state index in [0.29, 0.717) is 12.3 Å². The highest BCUT2D eigenvalue weighted by Crippen LogP contribution is 2.13. The number of ether oxygens (including phenoxy) is 1. The third kappa shape index (κ3) is 6.37. The molecule has 28 heavy (non-hydrogen) atoms. The fourth-order valence-electron chi connectivity index (χ4n) is 2.59. The van der Waals surface area contributed by atoms with Gasteiger partial charge in [-0.2, -0.15) is 0 Å². The summed E-state index contributed by atoms with van der Waals surface area (Å²) in [7, 11) is 0. The van der Waals surface area contributed by atoms with Crippen LogP contribution in [0.2, 0.25) is 0 Å². The van der Waals surface area contributed by atoms with Crippen LogP contribution in [0.15, 0.2) is 54.6 Å². The molecule has 2 amide bonds. The zero-order valence-corrected chi connectivity index (χ0v) is 16.5. The van der Waals surface area contributed by atoms with Gasteiger partial charge in [-0.15, -0.1) is 0 Å². The van der Waals surface area contributed by atoms with Crippen LogP contribution < -0.4 is 10.1 Å². The van der Waals surface area contributed by atoms with Crippen molar-refractivity contribution in [2.24, 2.45) is 0 Å². The van der Waals surface area contributed by atoms with Crippen LogP contribution >= 0.6 is 0 Å². The van der Waals surface area contributed by atoms with Gasteiger partial charge in [0.2, 0.25) is 5.91 Å². The van der Waals surface area contributed by atoms with Crippen molar-refractivity contribution < 1.29 is 18.7 Å². The Morgan fingerprint density at radius 3 is 2.32 bits per heavy atom. The van der Waals surface area contributed by atoms with Crippen LogP contribution in [0, 0.1) is 5.82 Å².